The van der Waals surface area contributed by atoms with Gasteiger partial charge in [-0.05, 0) is 55.0 Å². The Kier molecular flexibility index (Phi) is 11.3. The highest BCUT2D eigenvalue weighted by Gasteiger charge is 2.15. The molecule has 3 rings (SSSR count). The number of unbranched alkanes of at least 4 members (excludes halogenated alkanes) is 3. The molecule has 2 aromatic rings. The van der Waals surface area contributed by atoms with Gasteiger partial charge in [0, 0.05) is 31.9 Å². The summed E-state index contributed by atoms with van der Waals surface area (Å²) >= 11 is 0. The van der Waals surface area contributed by atoms with Gasteiger partial charge in [-0.1, -0.05) is 50.1 Å². The predicted octanol–water partition coefficient (Wildman–Crippen LogP) is 5.29. The van der Waals surface area contributed by atoms with Gasteiger partial charge >= 0.3 is 6.03 Å². The molecule has 1 aliphatic heterocycles. The quantitative estimate of drug-likeness (QED) is 0.488. The Morgan fingerprint density at radius 1 is 1.00 bits per heavy atom. The third-order valence-corrected chi connectivity index (χ3v) is 5.58. The summed E-state index contributed by atoms with van der Waals surface area (Å²) in [4.78, 5) is 14.1. The molecule has 1 aliphatic rings. The number of nitrogens with zero attached hydrogens (tertiary/aromatic N) is 1. The van der Waals surface area contributed by atoms with Gasteiger partial charge in [-0.25, -0.2) is 4.79 Å². The minimum atomic E-state index is -0.00645. The average Bonchev–Trinajstić information content (AvgIpc) is 2.80. The first kappa shape index (κ1) is 25.0. The molecule has 1 saturated heterocycles. The molecule has 6 heteroatoms. The number of nitrogens with one attached hydrogen (secondary N) is 2. The number of anilines is 1. The summed E-state index contributed by atoms with van der Waals surface area (Å²) in [5.41, 5.74) is 3.47. The van der Waals surface area contributed by atoms with Crippen molar-refractivity contribution in [1.82, 2.24) is 10.2 Å². The lowest BCUT2D eigenvalue weighted by atomic mass is 10.1. The highest BCUT2D eigenvalue weighted by atomic mass is 35.5. The number of hydrogen-bond acceptors (Lipinski definition) is 3. The van der Waals surface area contributed by atoms with Crippen LogP contribution in [0.2, 0.25) is 0 Å². The van der Waals surface area contributed by atoms with Crippen LogP contribution < -0.4 is 15.4 Å². The van der Waals surface area contributed by atoms with E-state index in [1.165, 1.54) is 30.4 Å². The molecule has 0 unspecified atom stereocenters. The van der Waals surface area contributed by atoms with Crippen molar-refractivity contribution in [2.24, 2.45) is 0 Å². The van der Waals surface area contributed by atoms with Crippen LogP contribution in [0.4, 0.5) is 10.5 Å². The number of carbonyl (C=O) groups excluding carboxylic acids is 1. The molecule has 1 fully saturated rings. The number of urea groups is 1. The van der Waals surface area contributed by atoms with Crippen LogP contribution in [0.1, 0.15) is 43.7 Å². The summed E-state index contributed by atoms with van der Waals surface area (Å²) in [6.07, 6.45) is 6.75. The van der Waals surface area contributed by atoms with E-state index in [0.717, 1.165) is 63.5 Å². The van der Waals surface area contributed by atoms with Gasteiger partial charge in [0.15, 0.2) is 0 Å². The van der Waals surface area contributed by atoms with E-state index in [2.05, 4.69) is 47.9 Å². The number of hydrogen-bond donors (Lipinski definition) is 2. The van der Waals surface area contributed by atoms with E-state index >= 15 is 0 Å². The molecule has 2 N–H and O–H groups in total. The van der Waals surface area contributed by atoms with Gasteiger partial charge in [-0.3, -0.25) is 0 Å². The highest BCUT2D eigenvalue weighted by molar-refractivity contribution is 5.89. The molecule has 2 aromatic carbocycles. The molecule has 0 bridgehead atoms. The molecule has 2 amide bonds. The standard InChI is InChI=1S/C25H35N3O2.ClH/c1-2-22-10-6-7-11-24(22)30-20-8-4-3-5-9-21-12-14-23(15-13-21)27-25(29)28-18-16-26-17-19-28;/h6-7,10-15,26H,2-5,8-9,16-20H2,1H3,(H,27,29);1H. The number of piperazine rings is 1. The van der Waals surface area contributed by atoms with Crippen molar-refractivity contribution in [1.29, 1.82) is 0 Å². The second-order valence-corrected chi connectivity index (χ2v) is 7.84. The molecule has 0 atom stereocenters. The van der Waals surface area contributed by atoms with E-state index < -0.39 is 0 Å². The molecule has 0 saturated carbocycles. The van der Waals surface area contributed by atoms with Crippen molar-refractivity contribution in [3.63, 3.8) is 0 Å². The predicted molar refractivity (Wildman–Crippen MR) is 131 cm³/mol. The maximum Gasteiger partial charge on any atom is 0.321 e. The zero-order chi connectivity index (χ0) is 21.0. The van der Waals surface area contributed by atoms with E-state index in [-0.39, 0.29) is 18.4 Å². The van der Waals surface area contributed by atoms with Crippen molar-refractivity contribution < 1.29 is 9.53 Å². The molecule has 5 nitrogen and oxygen atoms in total. The molecular weight excluding hydrogens is 410 g/mol. The summed E-state index contributed by atoms with van der Waals surface area (Å²) in [6.45, 7) is 6.21. The fourth-order valence-corrected chi connectivity index (χ4v) is 3.73. The Labute approximate surface area is 193 Å². The lowest BCUT2D eigenvalue weighted by molar-refractivity contribution is 0.204. The summed E-state index contributed by atoms with van der Waals surface area (Å²) in [5, 5.41) is 6.26. The van der Waals surface area contributed by atoms with Gasteiger partial charge in [0.05, 0.1) is 6.61 Å². The Morgan fingerprint density at radius 3 is 2.45 bits per heavy atom. The Balaban J connectivity index is 0.00000341. The van der Waals surface area contributed by atoms with Crippen LogP contribution in [0.5, 0.6) is 5.75 Å². The van der Waals surface area contributed by atoms with Gasteiger partial charge < -0.3 is 20.3 Å². The number of benzene rings is 2. The van der Waals surface area contributed by atoms with Crippen LogP contribution in [0.15, 0.2) is 48.5 Å². The molecular formula is C25H36ClN3O2. The number of rotatable bonds is 10. The van der Waals surface area contributed by atoms with Crippen LogP contribution in [0, 0.1) is 0 Å². The normalized spacial score (nSPS) is 13.4. The molecule has 0 spiro atoms. The zero-order valence-electron chi connectivity index (χ0n) is 18.6. The number of aryl methyl sites for hydroxylation is 2. The molecule has 0 radical (unpaired) electrons. The van der Waals surface area contributed by atoms with E-state index in [9.17, 15) is 4.79 Å². The van der Waals surface area contributed by atoms with Crippen LogP contribution in [0.3, 0.4) is 0 Å². The topological polar surface area (TPSA) is 53.6 Å². The van der Waals surface area contributed by atoms with Gasteiger partial charge in [0.2, 0.25) is 0 Å². The van der Waals surface area contributed by atoms with Crippen LogP contribution in [-0.2, 0) is 12.8 Å². The fourth-order valence-electron chi connectivity index (χ4n) is 3.73. The largest absolute Gasteiger partial charge is 0.493 e. The van der Waals surface area contributed by atoms with Crippen molar-refractivity contribution in [2.45, 2.75) is 45.4 Å². The van der Waals surface area contributed by atoms with Gasteiger partial charge in [0.25, 0.3) is 0 Å². The number of halogens is 1. The van der Waals surface area contributed by atoms with Crippen molar-refractivity contribution in [2.75, 3.05) is 38.1 Å². The van der Waals surface area contributed by atoms with Crippen LogP contribution in [-0.4, -0.2) is 43.7 Å². The monoisotopic (exact) mass is 445 g/mol. The first-order valence-electron chi connectivity index (χ1n) is 11.3. The molecule has 0 aromatic heterocycles. The van der Waals surface area contributed by atoms with Gasteiger partial charge in [-0.15, -0.1) is 12.4 Å². The summed E-state index contributed by atoms with van der Waals surface area (Å²) in [5.74, 6) is 1.03. The van der Waals surface area contributed by atoms with Crippen LogP contribution in [0.25, 0.3) is 0 Å². The minimum Gasteiger partial charge on any atom is -0.493 e. The summed E-state index contributed by atoms with van der Waals surface area (Å²) < 4.78 is 5.94. The summed E-state index contributed by atoms with van der Waals surface area (Å²) in [6, 6.07) is 16.6. The maximum absolute atomic E-state index is 12.3. The highest BCUT2D eigenvalue weighted by Crippen LogP contribution is 2.19. The molecule has 170 valence electrons. The first-order valence-corrected chi connectivity index (χ1v) is 11.3. The summed E-state index contributed by atoms with van der Waals surface area (Å²) in [7, 11) is 0. The Morgan fingerprint density at radius 2 is 1.71 bits per heavy atom. The number of amides is 2. The SMILES string of the molecule is CCc1ccccc1OCCCCCCc1ccc(NC(=O)N2CCNCC2)cc1.Cl. The third-order valence-electron chi connectivity index (χ3n) is 5.58. The molecule has 0 aliphatic carbocycles. The fraction of sp³-hybridized carbons (Fsp3) is 0.480. The minimum absolute atomic E-state index is 0. The van der Waals surface area contributed by atoms with E-state index in [1.54, 1.807) is 0 Å². The second kappa shape index (κ2) is 13.9. The average molecular weight is 446 g/mol. The second-order valence-electron chi connectivity index (χ2n) is 7.84. The maximum atomic E-state index is 12.3. The number of carbonyl (C=O) groups is 1. The van der Waals surface area contributed by atoms with Crippen molar-refractivity contribution in [3.8, 4) is 5.75 Å². The molecule has 1 heterocycles. The van der Waals surface area contributed by atoms with Gasteiger partial charge in [-0.2, -0.15) is 0 Å². The Bertz CT molecular complexity index is 777. The van der Waals surface area contributed by atoms with E-state index in [4.69, 9.17) is 4.74 Å². The van der Waals surface area contributed by atoms with E-state index in [1.807, 2.05) is 23.1 Å². The Hall–Kier alpha value is -2.24. The van der Waals surface area contributed by atoms with Crippen molar-refractivity contribution >= 4 is 24.1 Å². The third kappa shape index (κ3) is 8.42. The lowest BCUT2D eigenvalue weighted by Crippen LogP contribution is -2.48. The van der Waals surface area contributed by atoms with Crippen LogP contribution >= 0.6 is 12.4 Å². The van der Waals surface area contributed by atoms with E-state index in [0.29, 0.717) is 0 Å². The molecule has 31 heavy (non-hydrogen) atoms. The zero-order valence-corrected chi connectivity index (χ0v) is 19.4. The number of para-hydroxylation sites is 1. The van der Waals surface area contributed by atoms with Gasteiger partial charge in [0.1, 0.15) is 5.75 Å². The smallest absolute Gasteiger partial charge is 0.321 e. The van der Waals surface area contributed by atoms with Crippen molar-refractivity contribution in [3.05, 3.63) is 59.7 Å². The lowest BCUT2D eigenvalue weighted by Gasteiger charge is -2.27. The number of ether oxygens (including phenoxy) is 1. The first-order chi connectivity index (χ1) is 14.8.